The number of para-hydroxylation sites is 3. The number of imidazole rings is 1. The van der Waals surface area contributed by atoms with Crippen LogP contribution >= 0.6 is 0 Å². The number of aromatic nitrogens is 2. The molecule has 1 heterocycles. The van der Waals surface area contributed by atoms with E-state index in [0.717, 1.165) is 45.2 Å². The SMILES string of the molecule is [2H]C([2H])([2H])c1c[c-]c(-c2nc3ccccc3n2-c2ccccc2)cc1C(=C)/C=C\C=C/C.[2H]C([2H])(c1ccc(C(/C=C(\C)c2[c-]cccc2)=C/C=[N-])cc1)C(C)(C)C.[Ir+3]. The Morgan fingerprint density at radius 2 is 1.67 bits per heavy atom. The van der Waals surface area contributed by atoms with Crippen molar-refractivity contribution in [1.29, 1.82) is 0 Å². The van der Waals surface area contributed by atoms with Crippen LogP contribution in [0.3, 0.4) is 0 Å². The van der Waals surface area contributed by atoms with Gasteiger partial charge in [0.15, 0.2) is 0 Å². The summed E-state index contributed by atoms with van der Waals surface area (Å²) >= 11 is 0. The molecule has 272 valence electrons. The average molecular weight is 888 g/mol. The molecule has 0 bridgehead atoms. The Bertz CT molecular complexity index is 2480. The number of nitrogens with zero attached hydrogens (tertiary/aromatic N) is 3. The fraction of sp³-hybridized carbons (Fsp3) is 0.160. The normalized spacial score (nSPS) is 13.9. The van der Waals surface area contributed by atoms with Gasteiger partial charge in [-0.1, -0.05) is 138 Å². The zero-order chi connectivity index (χ0) is 42.1. The molecular weight excluding hydrogens is 835 g/mol. The van der Waals surface area contributed by atoms with Crippen LogP contribution in [0, 0.1) is 24.4 Å². The van der Waals surface area contributed by atoms with E-state index in [2.05, 4.69) is 23.3 Å². The largest absolute Gasteiger partial charge is 3.00 e. The van der Waals surface area contributed by atoms with E-state index < -0.39 is 18.6 Å². The van der Waals surface area contributed by atoms with Gasteiger partial charge in [-0.15, -0.1) is 70.8 Å². The van der Waals surface area contributed by atoms with Crippen LogP contribution < -0.4 is 0 Å². The van der Waals surface area contributed by atoms with E-state index in [9.17, 15) is 5.41 Å². The fourth-order valence-corrected chi connectivity index (χ4v) is 5.74. The number of benzene rings is 5. The third-order valence-corrected chi connectivity index (χ3v) is 8.21. The molecule has 0 amide bonds. The van der Waals surface area contributed by atoms with E-state index in [4.69, 9.17) is 11.8 Å². The molecule has 0 radical (unpaired) electrons. The minimum absolute atomic E-state index is 0. The molecule has 0 saturated carbocycles. The monoisotopic (exact) mass is 888 g/mol. The van der Waals surface area contributed by atoms with Gasteiger partial charge in [0.25, 0.3) is 0 Å². The topological polar surface area (TPSA) is 40.1 Å². The van der Waals surface area contributed by atoms with Gasteiger partial charge in [-0.3, -0.25) is 4.98 Å². The van der Waals surface area contributed by atoms with E-state index in [-0.39, 0.29) is 25.7 Å². The van der Waals surface area contributed by atoms with Crippen molar-refractivity contribution in [2.75, 3.05) is 0 Å². The molecule has 6 rings (SSSR count). The zero-order valence-electron chi connectivity index (χ0n) is 36.4. The average Bonchev–Trinajstić information content (AvgIpc) is 3.60. The molecule has 1 aromatic heterocycles. The van der Waals surface area contributed by atoms with Gasteiger partial charge in [-0.25, -0.2) is 0 Å². The van der Waals surface area contributed by atoms with E-state index in [1.807, 2.05) is 174 Å². The van der Waals surface area contributed by atoms with Crippen LogP contribution in [0.15, 0.2) is 158 Å². The number of hydrogen-bond acceptors (Lipinski definition) is 1. The standard InChI is InChI=1S/C27H23N2.C23H25N.Ir/c1-4-5-7-12-20(2)24-19-22(18-17-21(24)3)27-28-25-15-10-11-16-26(25)29(27)23-13-8-6-9-14-23;1-18(20-8-6-5-7-9-20)16-22(14-15-24)21-12-10-19(11-13-21)17-23(2,3)4;/h4-17,19H,2H2,1,3H3;5-8,10-16H,17H2,1-4H3;/q-1;-2;+3/b5-4-,12-7-;18-16+,22-14+;/i3D3;17D2;. The van der Waals surface area contributed by atoms with Gasteiger partial charge in [-0.05, 0) is 65.3 Å². The molecule has 0 unspecified atom stereocenters. The second-order valence-corrected chi connectivity index (χ2v) is 13.5. The summed E-state index contributed by atoms with van der Waals surface area (Å²) in [5.41, 5.74) is 8.85. The number of aryl methyl sites for hydroxylation is 1. The molecule has 0 aliphatic rings. The molecule has 54 heavy (non-hydrogen) atoms. The molecule has 4 heteroatoms. The summed E-state index contributed by atoms with van der Waals surface area (Å²) in [5.74, 6) is 0.695. The molecule has 0 aliphatic carbocycles. The first-order valence-corrected chi connectivity index (χ1v) is 17.6. The Balaban J connectivity index is 0.000000262. The Morgan fingerprint density at radius 1 is 0.944 bits per heavy atom. The first kappa shape index (κ1) is 34.4. The maximum Gasteiger partial charge on any atom is 3.00 e. The second-order valence-electron chi connectivity index (χ2n) is 13.5. The molecule has 5 aromatic carbocycles. The van der Waals surface area contributed by atoms with Gasteiger partial charge in [0.05, 0.1) is 16.9 Å². The Morgan fingerprint density at radius 3 is 2.33 bits per heavy atom. The first-order chi connectivity index (χ1) is 27.6. The van der Waals surface area contributed by atoms with Crippen LogP contribution in [0.25, 0.3) is 50.2 Å². The molecule has 0 atom stereocenters. The molecule has 0 spiro atoms. The maximum absolute atomic E-state index is 9.27. The molecule has 3 nitrogen and oxygen atoms in total. The maximum atomic E-state index is 9.27. The molecule has 0 fully saturated rings. The van der Waals surface area contributed by atoms with Crippen molar-refractivity contribution in [2.24, 2.45) is 5.41 Å². The Labute approximate surface area is 343 Å². The third kappa shape index (κ3) is 11.1. The summed E-state index contributed by atoms with van der Waals surface area (Å²) in [4.78, 5) is 4.86. The predicted molar refractivity (Wildman–Crippen MR) is 229 cm³/mol. The molecule has 6 aromatic rings. The molecule has 0 N–H and O–H groups in total. The van der Waals surface area contributed by atoms with Crippen LogP contribution in [0.1, 0.15) is 69.3 Å². The van der Waals surface area contributed by atoms with Gasteiger partial charge in [-0.2, -0.15) is 6.21 Å². The van der Waals surface area contributed by atoms with E-state index in [0.29, 0.717) is 28.1 Å². The Hall–Kier alpha value is -5.41. The molecule has 0 saturated heterocycles. The minimum Gasteiger partial charge on any atom is -0.811 e. The van der Waals surface area contributed by atoms with Gasteiger partial charge in [0.1, 0.15) is 0 Å². The van der Waals surface area contributed by atoms with Crippen molar-refractivity contribution in [3.05, 3.63) is 204 Å². The summed E-state index contributed by atoms with van der Waals surface area (Å²) in [6.07, 6.45) is 10.7. The Kier molecular flexibility index (Phi) is 12.5. The fourth-order valence-electron chi connectivity index (χ4n) is 5.74. The van der Waals surface area contributed by atoms with Crippen LogP contribution in [0.2, 0.25) is 0 Å². The molecule has 0 aliphatic heterocycles. The summed E-state index contributed by atoms with van der Waals surface area (Å²) in [7, 11) is 0. The van der Waals surface area contributed by atoms with Gasteiger partial charge in [0, 0.05) is 12.5 Å². The summed E-state index contributed by atoms with van der Waals surface area (Å²) in [6.45, 7) is 11.5. The van der Waals surface area contributed by atoms with Crippen molar-refractivity contribution in [3.63, 3.8) is 0 Å². The van der Waals surface area contributed by atoms with Crippen molar-refractivity contribution < 1.29 is 27.0 Å². The van der Waals surface area contributed by atoms with Gasteiger partial charge < -0.3 is 9.98 Å². The van der Waals surface area contributed by atoms with Gasteiger partial charge in [0.2, 0.25) is 0 Å². The minimum atomic E-state index is -2.28. The predicted octanol–water partition coefficient (Wildman–Crippen LogP) is 13.1. The zero-order valence-corrected chi connectivity index (χ0v) is 33.8. The van der Waals surface area contributed by atoms with Gasteiger partial charge >= 0.3 is 20.1 Å². The van der Waals surface area contributed by atoms with Crippen LogP contribution in [0.5, 0.6) is 0 Å². The number of rotatable bonds is 10. The van der Waals surface area contributed by atoms with Crippen molar-refractivity contribution in [2.45, 2.75) is 47.8 Å². The first-order valence-electron chi connectivity index (χ1n) is 20.1. The summed E-state index contributed by atoms with van der Waals surface area (Å²) in [6, 6.07) is 42.8. The second kappa shape index (κ2) is 19.6. The van der Waals surface area contributed by atoms with Crippen molar-refractivity contribution in [1.82, 2.24) is 9.55 Å². The summed E-state index contributed by atoms with van der Waals surface area (Å²) < 4.78 is 42.8. The number of allylic oxidation sites excluding steroid dienone is 9. The van der Waals surface area contributed by atoms with Crippen molar-refractivity contribution in [3.8, 4) is 17.1 Å². The van der Waals surface area contributed by atoms with Crippen LogP contribution in [-0.4, -0.2) is 15.8 Å². The van der Waals surface area contributed by atoms with Crippen molar-refractivity contribution >= 4 is 34.0 Å². The third-order valence-electron chi connectivity index (χ3n) is 8.21. The summed E-state index contributed by atoms with van der Waals surface area (Å²) in [5, 5.41) is 9.27. The van der Waals surface area contributed by atoms with E-state index in [1.165, 1.54) is 0 Å². The number of fused-ring (bicyclic) bond motifs is 1. The molecular formula is C50H48IrN3. The smallest absolute Gasteiger partial charge is 0.811 e. The number of hydrogen-bond donors (Lipinski definition) is 0. The van der Waals surface area contributed by atoms with Crippen LogP contribution in [-0.2, 0) is 26.5 Å². The van der Waals surface area contributed by atoms with E-state index in [1.54, 1.807) is 12.1 Å². The van der Waals surface area contributed by atoms with Crippen LogP contribution in [0.4, 0.5) is 0 Å². The quantitative estimate of drug-likeness (QED) is 0.0767. The van der Waals surface area contributed by atoms with E-state index >= 15 is 0 Å².